The van der Waals surface area contributed by atoms with E-state index in [0.29, 0.717) is 6.04 Å². The van der Waals surface area contributed by atoms with E-state index < -0.39 is 0 Å². The molecule has 0 aromatic heterocycles. The smallest absolute Gasteiger partial charge is 0.0349 e. The van der Waals surface area contributed by atoms with Gasteiger partial charge in [-0.05, 0) is 49.9 Å². The molecule has 1 aromatic rings. The molecule has 1 unspecified atom stereocenters. The molecule has 0 aliphatic heterocycles. The minimum absolute atomic E-state index is 0.549. The summed E-state index contributed by atoms with van der Waals surface area (Å²) in [6, 6.07) is 7.02. The summed E-state index contributed by atoms with van der Waals surface area (Å²) in [6.07, 6.45) is 2.74. The van der Waals surface area contributed by atoms with Crippen molar-refractivity contribution in [3.05, 3.63) is 33.8 Å². The molecule has 1 N–H and O–H groups in total. The summed E-state index contributed by atoms with van der Waals surface area (Å²) in [7, 11) is 2.06. The molecule has 14 heavy (non-hydrogen) atoms. The van der Waals surface area contributed by atoms with E-state index >= 15 is 0 Å². The van der Waals surface area contributed by atoms with Gasteiger partial charge in [0.05, 0.1) is 0 Å². The average Bonchev–Trinajstić information content (AvgIpc) is 2.97. The molecule has 2 heteroatoms. The third-order valence-electron chi connectivity index (χ3n) is 3.05. The quantitative estimate of drug-likeness (QED) is 0.871. The third-order valence-corrected chi connectivity index (χ3v) is 3.91. The van der Waals surface area contributed by atoms with Crippen molar-refractivity contribution in [2.45, 2.75) is 25.8 Å². The second-order valence-corrected chi connectivity index (χ2v) is 4.91. The Morgan fingerprint density at radius 2 is 2.14 bits per heavy atom. The van der Waals surface area contributed by atoms with Crippen molar-refractivity contribution >= 4 is 15.9 Å². The zero-order valence-electron chi connectivity index (χ0n) is 8.68. The molecule has 1 fully saturated rings. The van der Waals surface area contributed by atoms with Gasteiger partial charge in [-0.1, -0.05) is 28.1 Å². The molecule has 1 aromatic carbocycles. The first kappa shape index (κ1) is 10.2. The van der Waals surface area contributed by atoms with Crippen molar-refractivity contribution in [2.24, 2.45) is 5.92 Å². The minimum Gasteiger partial charge on any atom is -0.313 e. The summed E-state index contributed by atoms with van der Waals surface area (Å²) in [5.74, 6) is 0.855. The molecule has 0 heterocycles. The highest BCUT2D eigenvalue weighted by atomic mass is 79.9. The largest absolute Gasteiger partial charge is 0.313 e. The SMILES string of the molecule is CNC(c1cccc(Br)c1C)C1CC1. The maximum atomic E-state index is 3.59. The minimum atomic E-state index is 0.549. The van der Waals surface area contributed by atoms with Crippen LogP contribution in [0, 0.1) is 12.8 Å². The molecule has 0 bridgehead atoms. The van der Waals surface area contributed by atoms with Gasteiger partial charge in [0.15, 0.2) is 0 Å². The zero-order chi connectivity index (χ0) is 10.1. The van der Waals surface area contributed by atoms with E-state index in [4.69, 9.17) is 0 Å². The van der Waals surface area contributed by atoms with Crippen LogP contribution in [0.3, 0.4) is 0 Å². The molecule has 1 nitrogen and oxygen atoms in total. The molecule has 1 atom stereocenters. The van der Waals surface area contributed by atoms with Crippen molar-refractivity contribution in [1.82, 2.24) is 5.32 Å². The standard InChI is InChI=1S/C12H16BrN/c1-8-10(4-3-5-11(8)13)12(14-2)9-6-7-9/h3-5,9,12,14H,6-7H2,1-2H3. The Bertz CT molecular complexity index is 331. The molecule has 1 aliphatic carbocycles. The second-order valence-electron chi connectivity index (χ2n) is 4.06. The van der Waals surface area contributed by atoms with Gasteiger partial charge < -0.3 is 5.32 Å². The van der Waals surface area contributed by atoms with Crippen LogP contribution in [0.15, 0.2) is 22.7 Å². The number of rotatable bonds is 3. The molecule has 0 saturated heterocycles. The summed E-state index contributed by atoms with van der Waals surface area (Å²) in [5, 5.41) is 3.43. The van der Waals surface area contributed by atoms with E-state index in [1.807, 2.05) is 0 Å². The van der Waals surface area contributed by atoms with Gasteiger partial charge in [-0.15, -0.1) is 0 Å². The number of nitrogens with one attached hydrogen (secondary N) is 1. The van der Waals surface area contributed by atoms with E-state index in [2.05, 4.69) is 53.4 Å². The molecule has 0 amide bonds. The van der Waals surface area contributed by atoms with E-state index in [1.54, 1.807) is 0 Å². The topological polar surface area (TPSA) is 12.0 Å². The lowest BCUT2D eigenvalue weighted by molar-refractivity contribution is 0.526. The Labute approximate surface area is 94.0 Å². The van der Waals surface area contributed by atoms with Crippen LogP contribution in [0.5, 0.6) is 0 Å². The number of halogens is 1. The Hall–Kier alpha value is -0.340. The average molecular weight is 254 g/mol. The van der Waals surface area contributed by atoms with Crippen molar-refractivity contribution in [1.29, 1.82) is 0 Å². The summed E-state index contributed by atoms with van der Waals surface area (Å²) in [4.78, 5) is 0. The Kier molecular flexibility index (Phi) is 2.93. The summed E-state index contributed by atoms with van der Waals surface area (Å²) >= 11 is 3.59. The van der Waals surface area contributed by atoms with Crippen LogP contribution in [0.4, 0.5) is 0 Å². The second kappa shape index (κ2) is 4.03. The number of hydrogen-bond donors (Lipinski definition) is 1. The number of benzene rings is 1. The fourth-order valence-corrected chi connectivity index (χ4v) is 2.42. The predicted molar refractivity (Wildman–Crippen MR) is 63.4 cm³/mol. The predicted octanol–water partition coefficient (Wildman–Crippen LogP) is 3.43. The first-order valence-electron chi connectivity index (χ1n) is 5.16. The van der Waals surface area contributed by atoms with Crippen molar-refractivity contribution < 1.29 is 0 Å². The molecule has 0 spiro atoms. The maximum absolute atomic E-state index is 3.59. The zero-order valence-corrected chi connectivity index (χ0v) is 10.3. The maximum Gasteiger partial charge on any atom is 0.0349 e. The Balaban J connectivity index is 2.33. The van der Waals surface area contributed by atoms with E-state index in [0.717, 1.165) is 5.92 Å². The summed E-state index contributed by atoms with van der Waals surface area (Å²) < 4.78 is 1.22. The van der Waals surface area contributed by atoms with Gasteiger partial charge in [0.25, 0.3) is 0 Å². The highest BCUT2D eigenvalue weighted by Gasteiger charge is 2.31. The van der Waals surface area contributed by atoms with Crippen LogP contribution in [-0.4, -0.2) is 7.05 Å². The van der Waals surface area contributed by atoms with Crippen LogP contribution in [0.1, 0.15) is 30.0 Å². The Morgan fingerprint density at radius 1 is 1.43 bits per heavy atom. The Morgan fingerprint density at radius 3 is 2.71 bits per heavy atom. The molecule has 0 radical (unpaired) electrons. The monoisotopic (exact) mass is 253 g/mol. The van der Waals surface area contributed by atoms with Gasteiger partial charge in [0.1, 0.15) is 0 Å². The number of hydrogen-bond acceptors (Lipinski definition) is 1. The summed E-state index contributed by atoms with van der Waals surface area (Å²) in [6.45, 7) is 2.19. The highest BCUT2D eigenvalue weighted by Crippen LogP contribution is 2.42. The lowest BCUT2D eigenvalue weighted by Crippen LogP contribution is -2.19. The fraction of sp³-hybridized carbons (Fsp3) is 0.500. The van der Waals surface area contributed by atoms with Crippen LogP contribution < -0.4 is 5.32 Å². The summed E-state index contributed by atoms with van der Waals surface area (Å²) in [5.41, 5.74) is 2.82. The molecule has 2 rings (SSSR count). The molecular formula is C12H16BrN. The molecule has 1 saturated carbocycles. The van der Waals surface area contributed by atoms with Gasteiger partial charge in [0.2, 0.25) is 0 Å². The third kappa shape index (κ3) is 1.86. The fourth-order valence-electron chi connectivity index (χ4n) is 2.04. The van der Waals surface area contributed by atoms with Crippen LogP contribution in [-0.2, 0) is 0 Å². The van der Waals surface area contributed by atoms with Crippen LogP contribution in [0.2, 0.25) is 0 Å². The molecule has 76 valence electrons. The van der Waals surface area contributed by atoms with E-state index in [1.165, 1.54) is 28.4 Å². The lowest BCUT2D eigenvalue weighted by Gasteiger charge is -2.18. The van der Waals surface area contributed by atoms with Crippen LogP contribution >= 0.6 is 15.9 Å². The van der Waals surface area contributed by atoms with Crippen molar-refractivity contribution in [3.8, 4) is 0 Å². The van der Waals surface area contributed by atoms with Gasteiger partial charge in [-0.3, -0.25) is 0 Å². The van der Waals surface area contributed by atoms with Gasteiger partial charge in [0, 0.05) is 10.5 Å². The van der Waals surface area contributed by atoms with Gasteiger partial charge in [-0.2, -0.15) is 0 Å². The first-order chi connectivity index (χ1) is 6.74. The first-order valence-corrected chi connectivity index (χ1v) is 5.95. The van der Waals surface area contributed by atoms with E-state index in [9.17, 15) is 0 Å². The molecular weight excluding hydrogens is 238 g/mol. The molecule has 1 aliphatic rings. The van der Waals surface area contributed by atoms with Gasteiger partial charge >= 0.3 is 0 Å². The van der Waals surface area contributed by atoms with Crippen LogP contribution in [0.25, 0.3) is 0 Å². The highest BCUT2D eigenvalue weighted by molar-refractivity contribution is 9.10. The van der Waals surface area contributed by atoms with Gasteiger partial charge in [-0.25, -0.2) is 0 Å². The van der Waals surface area contributed by atoms with E-state index in [-0.39, 0.29) is 0 Å². The lowest BCUT2D eigenvalue weighted by atomic mass is 9.98. The normalized spacial score (nSPS) is 18.2. The van der Waals surface area contributed by atoms with Crippen molar-refractivity contribution in [2.75, 3.05) is 7.05 Å². The van der Waals surface area contributed by atoms with Crippen molar-refractivity contribution in [3.63, 3.8) is 0 Å².